The van der Waals surface area contributed by atoms with Gasteiger partial charge in [-0.15, -0.1) is 0 Å². The number of allylic oxidation sites excluding steroid dienone is 1. The largest absolute Gasteiger partial charge is 0.377 e. The molecule has 0 atom stereocenters. The highest BCUT2D eigenvalue weighted by atomic mass is 16.7. The zero-order chi connectivity index (χ0) is 42.0. The molecule has 5 aliphatic rings. The van der Waals surface area contributed by atoms with Gasteiger partial charge in [0.25, 0.3) is 0 Å². The Morgan fingerprint density at radius 2 is 0.451 bits per heavy atom. The standard InChI is InChI=1S/C69H7NO/c1-2-4-8(5-3-1)6-7-9-68-64-56-48-38-28-20-12-10-11-14-18-16(12)24-32-26(18)36-30-22(14)23-15(11)19-17-13(10)21(20)29-35-25(17)33-27(19)37-31(23)41-40(30)52-46(36)54-44(32)50(42(48)34(24)28)58(64)60(54)66-62(52)63-53(41)47(37)55-45(33)51-43(35)49(39(29)38)57(56)65(68)59(51)61(55)67(63)69(66,68)71-70-9/h1-7H/b7-6+. The average Bonchev–Trinajstić information content (AvgIpc) is 4.38. The van der Waals surface area contributed by atoms with E-state index < -0.39 is 11.0 Å². The quantitative estimate of drug-likeness (QED) is 0.159. The van der Waals surface area contributed by atoms with E-state index in [9.17, 15) is 0 Å². The molecule has 294 valence electrons. The molecule has 0 saturated carbocycles. The molecule has 0 unspecified atom stereocenters. The van der Waals surface area contributed by atoms with E-state index in [1.54, 1.807) is 280 Å². The van der Waals surface area contributed by atoms with Crippen LogP contribution in [0.1, 0.15) is 27.8 Å². The summed E-state index contributed by atoms with van der Waals surface area (Å²) < 4.78 is 0. The summed E-state index contributed by atoms with van der Waals surface area (Å²) in [5.41, 5.74) is 6.90. The molecule has 0 N–H and O–H groups in total. The maximum absolute atomic E-state index is 8.08. The first-order valence-corrected chi connectivity index (χ1v) is 26.2. The van der Waals surface area contributed by atoms with E-state index in [0.29, 0.717) is 0 Å². The summed E-state index contributed by atoms with van der Waals surface area (Å²) in [5, 5.41) is 92.2. The Hall–Kier alpha value is -9.11. The smallest absolute Gasteiger partial charge is 0.209 e. The Kier molecular flexibility index (Phi) is 2.17. The van der Waals surface area contributed by atoms with Gasteiger partial charge in [-0.05, 0) is 314 Å². The van der Waals surface area contributed by atoms with Crippen LogP contribution in [0.3, 0.4) is 0 Å². The van der Waals surface area contributed by atoms with Crippen LogP contribution in [0.15, 0.2) is 41.6 Å². The minimum Gasteiger partial charge on any atom is -0.377 e. The SMILES string of the molecule is C(=C\c1ccccc1)/C1=NOC23c4c5c6c7c8c9c(c%10c%11c2c2c4c4c%12c5c5c6c6c8c8c%13c9c9c%10c%10c%11c%11c2c2c4c4c%12c%12c5c5c6c8c6c8c%13c9c9c%10c%10c%11c2c2c4c4c%12c5c6c5c8c9c%10c2c45)C173. The summed E-state index contributed by atoms with van der Waals surface area (Å²) >= 11 is 0. The van der Waals surface area contributed by atoms with Crippen molar-refractivity contribution >= 4 is 303 Å². The summed E-state index contributed by atoms with van der Waals surface area (Å²) in [6.45, 7) is 0. The van der Waals surface area contributed by atoms with Crippen LogP contribution in [0, 0.1) is 0 Å². The molecule has 2 heteroatoms. The fraction of sp³-hybridized carbons (Fsp3) is 0.0290. The molecule has 2 spiro atoms. The van der Waals surface area contributed by atoms with Gasteiger partial charge >= 0.3 is 0 Å². The summed E-state index contributed by atoms with van der Waals surface area (Å²) in [5.74, 6) is 0. The molecule has 4 aliphatic carbocycles. The van der Waals surface area contributed by atoms with E-state index >= 15 is 0 Å². The molecule has 1 aliphatic heterocycles. The lowest BCUT2D eigenvalue weighted by Crippen LogP contribution is -2.53. The van der Waals surface area contributed by atoms with Crippen molar-refractivity contribution in [1.29, 1.82) is 0 Å². The molecule has 0 amide bonds. The van der Waals surface area contributed by atoms with Gasteiger partial charge in [-0.25, -0.2) is 0 Å². The summed E-state index contributed by atoms with van der Waals surface area (Å²) in [4.78, 5) is 8.08. The van der Waals surface area contributed by atoms with Crippen LogP contribution in [0.25, 0.3) is 297 Å². The molecule has 34 rings (SSSR count). The number of oxime groups is 1. The van der Waals surface area contributed by atoms with Crippen LogP contribution in [-0.4, -0.2) is 5.71 Å². The Labute approximate surface area is 385 Å². The Morgan fingerprint density at radius 1 is 0.239 bits per heavy atom. The van der Waals surface area contributed by atoms with Gasteiger partial charge in [0, 0.05) is 11.1 Å². The average molecular weight is 866 g/mol. The monoisotopic (exact) mass is 865 g/mol. The molecule has 0 aromatic heterocycles. The zero-order valence-corrected chi connectivity index (χ0v) is 35.9. The molecular formula is C69H7NO. The van der Waals surface area contributed by atoms with E-state index in [1.807, 2.05) is 0 Å². The molecule has 0 bridgehead atoms. The first-order valence-electron chi connectivity index (χ1n) is 26.2. The Balaban J connectivity index is 1.14. The fourth-order valence-electron chi connectivity index (χ4n) is 24.9. The normalized spacial score (nSPS) is 22.3. The number of rotatable bonds is 2. The van der Waals surface area contributed by atoms with Crippen LogP contribution in [0.5, 0.6) is 0 Å². The number of benzene rings is 19. The first kappa shape index (κ1) is 26.0. The number of hydrogen-bond donors (Lipinski definition) is 0. The van der Waals surface area contributed by atoms with E-state index in [4.69, 9.17) is 9.99 Å². The van der Waals surface area contributed by atoms with Gasteiger partial charge in [-0.1, -0.05) is 41.6 Å². The van der Waals surface area contributed by atoms with Crippen molar-refractivity contribution in [2.24, 2.45) is 5.16 Å². The number of nitrogens with zero attached hydrogens (tertiary/aromatic N) is 1. The lowest BCUT2D eigenvalue weighted by Gasteiger charge is -2.47. The van der Waals surface area contributed by atoms with Gasteiger partial charge in [0.15, 0.2) is 0 Å². The lowest BCUT2D eigenvalue weighted by atomic mass is 9.53. The first-order chi connectivity index (χ1) is 35.4. The van der Waals surface area contributed by atoms with E-state index in [2.05, 4.69) is 42.5 Å². The third-order valence-corrected chi connectivity index (χ3v) is 25.1. The van der Waals surface area contributed by atoms with Crippen molar-refractivity contribution in [2.45, 2.75) is 11.0 Å². The summed E-state index contributed by atoms with van der Waals surface area (Å²) in [6, 6.07) is 11.0. The fourth-order valence-corrected chi connectivity index (χ4v) is 24.9. The maximum atomic E-state index is 8.08. The lowest BCUT2D eigenvalue weighted by molar-refractivity contribution is -0.0122. The van der Waals surface area contributed by atoms with Crippen molar-refractivity contribution in [3.8, 4) is 0 Å². The molecule has 0 saturated heterocycles. The zero-order valence-electron chi connectivity index (χ0n) is 35.9. The highest BCUT2D eigenvalue weighted by Crippen LogP contribution is 2.85. The van der Waals surface area contributed by atoms with E-state index in [0.717, 1.165) is 5.71 Å². The predicted octanol–water partition coefficient (Wildman–Crippen LogP) is 18.4. The van der Waals surface area contributed by atoms with Gasteiger partial charge in [0.05, 0.1) is 5.71 Å². The van der Waals surface area contributed by atoms with Crippen LogP contribution in [0.4, 0.5) is 0 Å². The third kappa shape index (κ3) is 1.40. The highest BCUT2D eigenvalue weighted by molar-refractivity contribution is 6.82. The van der Waals surface area contributed by atoms with Gasteiger partial charge < -0.3 is 4.84 Å². The molecule has 2 nitrogen and oxygen atoms in total. The van der Waals surface area contributed by atoms with Crippen LogP contribution in [-0.2, 0) is 15.9 Å². The minimum absolute atomic E-state index is 0.663. The van der Waals surface area contributed by atoms with Gasteiger partial charge in [0.1, 0.15) is 5.41 Å². The molecule has 29 aromatic rings. The molecule has 71 heavy (non-hydrogen) atoms. The summed E-state index contributed by atoms with van der Waals surface area (Å²) in [6.07, 6.45) is 4.81. The van der Waals surface area contributed by atoms with Crippen molar-refractivity contribution in [3.05, 3.63) is 64.2 Å². The van der Waals surface area contributed by atoms with E-state index in [1.165, 1.54) is 38.2 Å². The topological polar surface area (TPSA) is 21.6 Å². The predicted molar refractivity (Wildman–Crippen MR) is 298 cm³/mol. The van der Waals surface area contributed by atoms with Crippen LogP contribution >= 0.6 is 0 Å². The molecular weight excluding hydrogens is 859 g/mol. The molecule has 29 aromatic carbocycles. The second kappa shape index (κ2) is 5.93. The second-order valence-electron chi connectivity index (χ2n) is 25.5. The van der Waals surface area contributed by atoms with Crippen molar-refractivity contribution in [1.82, 2.24) is 0 Å². The van der Waals surface area contributed by atoms with Crippen LogP contribution < -0.4 is 0 Å². The third-order valence-electron chi connectivity index (χ3n) is 25.1. The maximum Gasteiger partial charge on any atom is 0.209 e. The van der Waals surface area contributed by atoms with Gasteiger partial charge in [-0.3, -0.25) is 0 Å². The molecule has 1 heterocycles. The summed E-state index contributed by atoms with van der Waals surface area (Å²) in [7, 11) is 0. The Bertz CT molecular complexity index is 7310. The number of hydrogen-bond acceptors (Lipinski definition) is 2. The van der Waals surface area contributed by atoms with E-state index in [-0.39, 0.29) is 0 Å². The molecule has 0 fully saturated rings. The second-order valence-corrected chi connectivity index (χ2v) is 25.5. The molecule has 0 radical (unpaired) electrons. The minimum atomic E-state index is -0.839. The van der Waals surface area contributed by atoms with Crippen molar-refractivity contribution in [2.75, 3.05) is 0 Å². The van der Waals surface area contributed by atoms with Gasteiger partial charge in [-0.2, -0.15) is 0 Å². The Morgan fingerprint density at radius 3 is 0.690 bits per heavy atom. The highest BCUT2D eigenvalue weighted by Gasteiger charge is 2.76. The van der Waals surface area contributed by atoms with Crippen molar-refractivity contribution < 1.29 is 4.84 Å². The van der Waals surface area contributed by atoms with Gasteiger partial charge in [0.2, 0.25) is 5.60 Å². The van der Waals surface area contributed by atoms with Crippen LogP contribution in [0.2, 0.25) is 0 Å². The van der Waals surface area contributed by atoms with Crippen molar-refractivity contribution in [3.63, 3.8) is 0 Å².